The molecule has 0 spiro atoms. The Hall–Kier alpha value is -3.60. The van der Waals surface area contributed by atoms with Crippen molar-refractivity contribution in [2.45, 2.75) is 25.5 Å². The number of hydrogen-bond acceptors (Lipinski definition) is 4. The Morgan fingerprint density at radius 1 is 0.897 bits per heavy atom. The van der Waals surface area contributed by atoms with E-state index >= 15 is 0 Å². The molecule has 0 saturated carbocycles. The molecule has 0 bridgehead atoms. The van der Waals surface area contributed by atoms with Gasteiger partial charge in [0.2, 0.25) is 0 Å². The highest BCUT2D eigenvalue weighted by Crippen LogP contribution is 2.44. The molecular weight excluding hydrogens is 366 g/mol. The molecular formula is C24H21NO4. The van der Waals surface area contributed by atoms with Crippen molar-refractivity contribution in [2.24, 2.45) is 0 Å². The third-order valence-electron chi connectivity index (χ3n) is 4.89. The van der Waals surface area contributed by atoms with Gasteiger partial charge in [0.15, 0.2) is 6.10 Å². The van der Waals surface area contributed by atoms with Crippen LogP contribution in [0.3, 0.4) is 0 Å². The molecule has 4 rings (SSSR count). The van der Waals surface area contributed by atoms with Crippen LogP contribution in [0.15, 0.2) is 78.9 Å². The normalized spacial score (nSPS) is 13.4. The Labute approximate surface area is 169 Å². The average molecular weight is 387 g/mol. The van der Waals surface area contributed by atoms with Gasteiger partial charge < -0.3 is 14.8 Å². The predicted molar refractivity (Wildman–Crippen MR) is 109 cm³/mol. The van der Waals surface area contributed by atoms with E-state index in [-0.39, 0.29) is 5.91 Å². The molecule has 3 aromatic rings. The molecule has 29 heavy (non-hydrogen) atoms. The molecule has 0 fully saturated rings. The number of hydrogen-bond donors (Lipinski definition) is 1. The summed E-state index contributed by atoms with van der Waals surface area (Å²) in [5.41, 5.74) is 2.44. The van der Waals surface area contributed by atoms with Gasteiger partial charge in [-0.25, -0.2) is 0 Å². The first kappa shape index (κ1) is 18.7. The summed E-state index contributed by atoms with van der Waals surface area (Å²) < 4.78 is 11.5. The maximum atomic E-state index is 13.1. The van der Waals surface area contributed by atoms with Crippen LogP contribution in [0.2, 0.25) is 0 Å². The third kappa shape index (κ3) is 3.99. The summed E-state index contributed by atoms with van der Waals surface area (Å²) in [6.45, 7) is 1.96. The fraction of sp³-hybridized carbons (Fsp3) is 0.167. The van der Waals surface area contributed by atoms with Gasteiger partial charge in [-0.1, -0.05) is 66.7 Å². The van der Waals surface area contributed by atoms with Gasteiger partial charge in [-0.3, -0.25) is 9.59 Å². The number of amides is 1. The summed E-state index contributed by atoms with van der Waals surface area (Å²) in [6.07, 6.45) is -0.909. The number of benzene rings is 3. The van der Waals surface area contributed by atoms with Crippen LogP contribution >= 0.6 is 0 Å². The Balaban J connectivity index is 1.49. The van der Waals surface area contributed by atoms with Crippen LogP contribution in [0.25, 0.3) is 0 Å². The van der Waals surface area contributed by atoms with Crippen molar-refractivity contribution in [3.05, 3.63) is 95.6 Å². The van der Waals surface area contributed by atoms with Crippen LogP contribution in [0.4, 0.5) is 0 Å². The van der Waals surface area contributed by atoms with Gasteiger partial charge in [0, 0.05) is 17.7 Å². The number of carbonyl (C=O) groups is 2. The third-order valence-corrected chi connectivity index (χ3v) is 4.89. The highest BCUT2D eigenvalue weighted by Gasteiger charge is 2.35. The van der Waals surface area contributed by atoms with Crippen LogP contribution in [0, 0.1) is 0 Å². The number of nitrogens with one attached hydrogen (secondary N) is 1. The number of carbonyl (C=O) groups excluding carboxylic acids is 2. The first-order valence-corrected chi connectivity index (χ1v) is 9.51. The summed E-state index contributed by atoms with van der Waals surface area (Å²) in [7, 11) is 0. The molecule has 0 radical (unpaired) electrons. The van der Waals surface area contributed by atoms with Crippen LogP contribution in [0.5, 0.6) is 11.5 Å². The van der Waals surface area contributed by atoms with Gasteiger partial charge in [0.25, 0.3) is 5.91 Å². The predicted octanol–water partition coefficient (Wildman–Crippen LogP) is 4.17. The van der Waals surface area contributed by atoms with Gasteiger partial charge >= 0.3 is 5.97 Å². The smallest absolute Gasteiger partial charge is 0.318 e. The van der Waals surface area contributed by atoms with E-state index in [0.29, 0.717) is 18.0 Å². The fourth-order valence-electron chi connectivity index (χ4n) is 3.39. The second-order valence-corrected chi connectivity index (χ2v) is 6.89. The maximum absolute atomic E-state index is 13.1. The van der Waals surface area contributed by atoms with E-state index in [0.717, 1.165) is 16.7 Å². The largest absolute Gasteiger partial charge is 0.457 e. The highest BCUT2D eigenvalue weighted by molar-refractivity contribution is 5.89. The Kier molecular flexibility index (Phi) is 5.29. The molecule has 3 aromatic carbocycles. The summed E-state index contributed by atoms with van der Waals surface area (Å²) in [6, 6.07) is 24.3. The zero-order valence-electron chi connectivity index (χ0n) is 16.0. The van der Waals surface area contributed by atoms with E-state index in [2.05, 4.69) is 5.32 Å². The molecule has 1 unspecified atom stereocenters. The average Bonchev–Trinajstić information content (AvgIpc) is 2.76. The lowest BCUT2D eigenvalue weighted by Crippen LogP contribution is -2.36. The summed E-state index contributed by atoms with van der Waals surface area (Å²) in [4.78, 5) is 25.5. The second kappa shape index (κ2) is 8.19. The van der Waals surface area contributed by atoms with Crippen molar-refractivity contribution >= 4 is 11.9 Å². The zero-order valence-corrected chi connectivity index (χ0v) is 16.0. The number of rotatable bonds is 5. The fourth-order valence-corrected chi connectivity index (χ4v) is 3.39. The first-order chi connectivity index (χ1) is 14.1. The minimum atomic E-state index is -0.909. The Bertz CT molecular complexity index is 986. The van der Waals surface area contributed by atoms with Crippen LogP contribution < -0.4 is 10.1 Å². The molecule has 5 nitrogen and oxygen atoms in total. The molecule has 0 aromatic heterocycles. The number of para-hydroxylation sites is 2. The molecule has 1 N–H and O–H groups in total. The second-order valence-electron chi connectivity index (χ2n) is 6.89. The van der Waals surface area contributed by atoms with Crippen LogP contribution in [0.1, 0.15) is 29.5 Å². The zero-order chi connectivity index (χ0) is 20.2. The summed E-state index contributed by atoms with van der Waals surface area (Å²) in [5.74, 6) is -0.212. The lowest BCUT2D eigenvalue weighted by molar-refractivity contribution is -0.155. The van der Waals surface area contributed by atoms with E-state index < -0.39 is 18.0 Å². The maximum Gasteiger partial charge on any atom is 0.318 e. The van der Waals surface area contributed by atoms with Gasteiger partial charge in [-0.05, 0) is 24.6 Å². The van der Waals surface area contributed by atoms with Crippen molar-refractivity contribution in [1.29, 1.82) is 0 Å². The minimum Gasteiger partial charge on any atom is -0.457 e. The Morgan fingerprint density at radius 3 is 2.07 bits per heavy atom. The van der Waals surface area contributed by atoms with Gasteiger partial charge in [0.05, 0.1) is 0 Å². The number of esters is 1. The molecule has 1 amide bonds. The van der Waals surface area contributed by atoms with Gasteiger partial charge in [-0.2, -0.15) is 0 Å². The molecule has 1 aliphatic rings. The first-order valence-electron chi connectivity index (χ1n) is 9.51. The van der Waals surface area contributed by atoms with E-state index in [1.807, 2.05) is 78.9 Å². The van der Waals surface area contributed by atoms with Gasteiger partial charge in [0.1, 0.15) is 17.4 Å². The minimum absolute atomic E-state index is 0.337. The van der Waals surface area contributed by atoms with Crippen LogP contribution in [-0.2, 0) is 20.9 Å². The number of ether oxygens (including phenoxy) is 2. The lowest BCUT2D eigenvalue weighted by atomic mass is 9.88. The molecule has 0 aliphatic carbocycles. The summed E-state index contributed by atoms with van der Waals surface area (Å²) in [5, 5.41) is 2.80. The molecule has 1 atom stereocenters. The number of fused-ring (bicyclic) bond motifs is 2. The molecule has 146 valence electrons. The van der Waals surface area contributed by atoms with Crippen LogP contribution in [-0.4, -0.2) is 18.0 Å². The van der Waals surface area contributed by atoms with Gasteiger partial charge in [-0.15, -0.1) is 0 Å². The Morgan fingerprint density at radius 2 is 1.45 bits per heavy atom. The van der Waals surface area contributed by atoms with Crippen molar-refractivity contribution in [3.8, 4) is 11.5 Å². The monoisotopic (exact) mass is 387 g/mol. The molecule has 5 heteroatoms. The molecule has 1 heterocycles. The van der Waals surface area contributed by atoms with Crippen molar-refractivity contribution in [2.75, 3.05) is 0 Å². The van der Waals surface area contributed by atoms with E-state index in [1.54, 1.807) is 6.92 Å². The quantitative estimate of drug-likeness (QED) is 0.668. The molecule has 0 saturated heterocycles. The topological polar surface area (TPSA) is 64.6 Å². The lowest BCUT2D eigenvalue weighted by Gasteiger charge is -2.27. The van der Waals surface area contributed by atoms with E-state index in [9.17, 15) is 9.59 Å². The van der Waals surface area contributed by atoms with E-state index in [4.69, 9.17) is 9.47 Å². The van der Waals surface area contributed by atoms with E-state index in [1.165, 1.54) is 0 Å². The summed E-state index contributed by atoms with van der Waals surface area (Å²) >= 11 is 0. The van der Waals surface area contributed by atoms with Crippen molar-refractivity contribution in [1.82, 2.24) is 5.32 Å². The van der Waals surface area contributed by atoms with Crippen molar-refractivity contribution < 1.29 is 19.1 Å². The van der Waals surface area contributed by atoms with Crippen molar-refractivity contribution in [3.63, 3.8) is 0 Å². The highest BCUT2D eigenvalue weighted by atomic mass is 16.5. The SMILES string of the molecule is CC(OC(=O)C1c2ccccc2Oc2ccccc21)C(=O)NCc1ccccc1. The standard InChI is InChI=1S/C24H21NO4/c1-16(23(26)25-15-17-9-3-2-4-10-17)28-24(27)22-18-11-5-7-13-20(18)29-21-14-8-6-12-19(21)22/h2-14,16,22H,15H2,1H3,(H,25,26). The molecule has 1 aliphatic heterocycles.